The Hall–Kier alpha value is -3.87. The summed E-state index contributed by atoms with van der Waals surface area (Å²) in [5, 5.41) is 0. The van der Waals surface area contributed by atoms with Gasteiger partial charge >= 0.3 is 112 Å². The minimum Gasteiger partial charge on any atom is -1.00 e. The zero-order valence-corrected chi connectivity index (χ0v) is 36.9. The fourth-order valence-electron chi connectivity index (χ4n) is 6.78. The van der Waals surface area contributed by atoms with Gasteiger partial charge in [-0.25, -0.2) is 6.08 Å². The standard InChI is InChI=1S/C25H17.C15H14.C12H19.2ClH.Zr/c1-3-7-18(8-4-1)20-11-13-24-22(15-20)17-23-16-21(12-14-25(23)24)19-9-5-2-6-10-19;1-12-3-7-14(8-4-12)11-15-9-5-13(2)6-10-15;1-5-6-10-7-8-11(9-10)12(2,3)4;;;/h1-15H,17H2;3-10H,1-2H3;8-10H,5-6H2,1-4H3;2*1H;/q-1;;-1;;;+2/p-2. The molecule has 0 bridgehead atoms. The zero-order chi connectivity index (χ0) is 37.4. The summed E-state index contributed by atoms with van der Waals surface area (Å²) in [6.45, 7) is 13.2. The van der Waals surface area contributed by atoms with Crippen LogP contribution in [-0.4, -0.2) is 3.21 Å². The third-order valence-corrected chi connectivity index (χ3v) is 11.4. The third-order valence-electron chi connectivity index (χ3n) is 9.96. The van der Waals surface area contributed by atoms with Crippen molar-refractivity contribution in [3.63, 3.8) is 0 Å². The minimum atomic E-state index is 0. The second kappa shape index (κ2) is 20.3. The molecule has 55 heavy (non-hydrogen) atoms. The maximum Gasteiger partial charge on any atom is -0.0181 e. The average Bonchev–Trinajstić information content (AvgIpc) is 3.81. The Kier molecular flexibility index (Phi) is 16.2. The first-order valence-electron chi connectivity index (χ1n) is 18.9. The maximum atomic E-state index is 3.65. The fourth-order valence-corrected chi connectivity index (χ4v) is 7.60. The molecule has 0 saturated heterocycles. The first-order chi connectivity index (χ1) is 25.6. The van der Waals surface area contributed by atoms with Gasteiger partial charge in [0.1, 0.15) is 0 Å². The molecule has 2 aliphatic rings. The molecule has 1 unspecified atom stereocenters. The van der Waals surface area contributed by atoms with Crippen LogP contribution in [0.1, 0.15) is 73.9 Å². The molecule has 0 heterocycles. The van der Waals surface area contributed by atoms with Crippen molar-refractivity contribution in [1.29, 1.82) is 0 Å². The van der Waals surface area contributed by atoms with E-state index in [1.807, 2.05) is 0 Å². The Labute approximate surface area is 358 Å². The van der Waals surface area contributed by atoms with E-state index in [0.717, 1.165) is 6.42 Å². The van der Waals surface area contributed by atoms with E-state index >= 15 is 0 Å². The summed E-state index contributed by atoms with van der Waals surface area (Å²) < 4.78 is 1.42. The van der Waals surface area contributed by atoms with E-state index in [9.17, 15) is 0 Å². The van der Waals surface area contributed by atoms with Crippen molar-refractivity contribution in [3.8, 4) is 33.4 Å². The Morgan fingerprint density at radius 3 is 1.73 bits per heavy atom. The van der Waals surface area contributed by atoms with Gasteiger partial charge in [-0.1, -0.05) is 147 Å². The number of rotatable bonds is 6. The first-order valence-corrected chi connectivity index (χ1v) is 20.2. The summed E-state index contributed by atoms with van der Waals surface area (Å²) in [7, 11) is 0. The number of fused-ring (bicyclic) bond motifs is 3. The predicted molar refractivity (Wildman–Crippen MR) is 224 cm³/mol. The van der Waals surface area contributed by atoms with Gasteiger partial charge in [-0.2, -0.15) is 11.6 Å². The maximum absolute atomic E-state index is 3.65. The normalized spacial score (nSPS) is 13.4. The quantitative estimate of drug-likeness (QED) is 0.152. The van der Waals surface area contributed by atoms with Gasteiger partial charge in [-0.3, -0.25) is 6.08 Å². The molecule has 2 aliphatic carbocycles. The molecule has 6 aromatic rings. The number of hydrogen-bond donors (Lipinski definition) is 0. The smallest absolute Gasteiger partial charge is 0.0181 e. The van der Waals surface area contributed by atoms with Gasteiger partial charge in [0.15, 0.2) is 0 Å². The van der Waals surface area contributed by atoms with E-state index in [0.29, 0.717) is 11.3 Å². The number of hydrogen-bond acceptors (Lipinski definition) is 0. The Balaban J connectivity index is 0.000000195. The van der Waals surface area contributed by atoms with E-state index in [2.05, 4.69) is 205 Å². The van der Waals surface area contributed by atoms with Crippen LogP contribution < -0.4 is 24.8 Å². The van der Waals surface area contributed by atoms with Crippen LogP contribution in [0.4, 0.5) is 0 Å². The van der Waals surface area contributed by atoms with Crippen LogP contribution in [0.15, 0.2) is 157 Å². The molecular weight excluding hydrogens is 787 g/mol. The molecule has 0 nitrogen and oxygen atoms in total. The number of allylic oxidation sites excluding steroid dienone is 4. The number of halogens is 2. The van der Waals surface area contributed by atoms with Gasteiger partial charge in [-0.05, 0) is 23.1 Å². The molecule has 8 rings (SSSR count). The van der Waals surface area contributed by atoms with Crippen LogP contribution in [0.5, 0.6) is 0 Å². The van der Waals surface area contributed by atoms with Crippen LogP contribution in [-0.2, 0) is 30.7 Å². The molecule has 0 spiro atoms. The average molecular weight is 837 g/mol. The van der Waals surface area contributed by atoms with E-state index in [4.69, 9.17) is 0 Å². The molecule has 0 aromatic heterocycles. The van der Waals surface area contributed by atoms with E-state index in [1.54, 1.807) is 0 Å². The van der Waals surface area contributed by atoms with Gasteiger partial charge in [-0.15, -0.1) is 29.3 Å². The van der Waals surface area contributed by atoms with Crippen molar-refractivity contribution in [2.24, 2.45) is 11.3 Å². The molecule has 278 valence electrons. The minimum absolute atomic E-state index is 0. The van der Waals surface area contributed by atoms with Crippen molar-refractivity contribution >= 4 is 3.21 Å². The Morgan fingerprint density at radius 2 is 1.20 bits per heavy atom. The van der Waals surface area contributed by atoms with E-state index < -0.39 is 0 Å². The Bertz CT molecular complexity index is 2070. The van der Waals surface area contributed by atoms with Crippen LogP contribution in [0.25, 0.3) is 33.4 Å². The molecular formula is C52H50Cl2Zr-2. The monoisotopic (exact) mass is 834 g/mol. The molecule has 0 amide bonds. The van der Waals surface area contributed by atoms with Gasteiger partial charge in [0.2, 0.25) is 0 Å². The summed E-state index contributed by atoms with van der Waals surface area (Å²) >= 11 is 1.46. The second-order valence-electron chi connectivity index (χ2n) is 15.2. The molecule has 0 aliphatic heterocycles. The first kappa shape index (κ1) is 43.9. The molecule has 6 aromatic carbocycles. The summed E-state index contributed by atoms with van der Waals surface area (Å²) in [4.78, 5) is 0. The topological polar surface area (TPSA) is 0 Å². The second-order valence-corrected chi connectivity index (χ2v) is 16.5. The molecule has 0 saturated carbocycles. The van der Waals surface area contributed by atoms with Crippen molar-refractivity contribution in [2.75, 3.05) is 0 Å². The van der Waals surface area contributed by atoms with Gasteiger partial charge in [0.05, 0.1) is 0 Å². The fraction of sp³-hybridized carbons (Fsp3) is 0.212. The molecule has 0 fully saturated rings. The van der Waals surface area contributed by atoms with Gasteiger partial charge in [0.25, 0.3) is 0 Å². The van der Waals surface area contributed by atoms with Crippen LogP contribution in [0.2, 0.25) is 0 Å². The van der Waals surface area contributed by atoms with E-state index in [1.165, 1.54) is 113 Å². The number of benzene rings is 6. The van der Waals surface area contributed by atoms with Crippen LogP contribution in [0, 0.1) is 37.3 Å². The van der Waals surface area contributed by atoms with Gasteiger partial charge in [0, 0.05) is 0 Å². The van der Waals surface area contributed by atoms with Gasteiger partial charge < -0.3 is 24.8 Å². The van der Waals surface area contributed by atoms with Crippen molar-refractivity contribution in [3.05, 3.63) is 203 Å². The zero-order valence-electron chi connectivity index (χ0n) is 32.9. The number of aryl methyl sites for hydroxylation is 2. The summed E-state index contributed by atoms with van der Waals surface area (Å²) in [6, 6.07) is 53.5. The largest absolute Gasteiger partial charge is 1.00 e. The van der Waals surface area contributed by atoms with Crippen LogP contribution >= 0.6 is 0 Å². The predicted octanol–water partition coefficient (Wildman–Crippen LogP) is 7.57. The SMILES string of the molecule is CCCC1[C-]=CC(C(C)(C)C)=C1.Cc1ccc([C](=[Zr+2])c2ccc(C)cc2)cc1.[Cl-].[Cl-].[c-]1c(-c2ccccc2)ccc2c1Cc1cc(-c3ccccc3)ccc1-2. The molecule has 0 radical (unpaired) electrons. The molecule has 0 N–H and O–H groups in total. The van der Waals surface area contributed by atoms with E-state index in [-0.39, 0.29) is 24.8 Å². The Morgan fingerprint density at radius 1 is 0.655 bits per heavy atom. The molecule has 3 heteroatoms. The third kappa shape index (κ3) is 11.6. The van der Waals surface area contributed by atoms with Crippen molar-refractivity contribution in [2.45, 2.75) is 60.8 Å². The van der Waals surface area contributed by atoms with Crippen molar-refractivity contribution in [1.82, 2.24) is 0 Å². The summed E-state index contributed by atoms with van der Waals surface area (Å²) in [5.74, 6) is 0.587. The summed E-state index contributed by atoms with van der Waals surface area (Å²) in [6.07, 6.45) is 11.4. The molecule has 1 atom stereocenters. The van der Waals surface area contributed by atoms with Crippen molar-refractivity contribution < 1.29 is 49.0 Å². The van der Waals surface area contributed by atoms with Crippen LogP contribution in [0.3, 0.4) is 0 Å². The summed E-state index contributed by atoms with van der Waals surface area (Å²) in [5.41, 5.74) is 17.4.